The third kappa shape index (κ3) is 2.49. The third-order valence-corrected chi connectivity index (χ3v) is 4.17. The first-order valence-corrected chi connectivity index (χ1v) is 7.48. The third-order valence-electron chi connectivity index (χ3n) is 3.68. The lowest BCUT2D eigenvalue weighted by molar-refractivity contribution is 0.0984. The Balaban J connectivity index is 2.01. The number of aromatic hydroxyl groups is 1. The minimum atomic E-state index is -0.180. The molecule has 0 radical (unpaired) electrons. The summed E-state index contributed by atoms with van der Waals surface area (Å²) in [6, 6.07) is 12.7. The van der Waals surface area contributed by atoms with Gasteiger partial charge < -0.3 is 14.9 Å². The minimum Gasteiger partial charge on any atom is -0.507 e. The number of nitrogens with zero attached hydrogens (tertiary/aromatic N) is 2. The number of fused-ring (bicyclic) bond motifs is 1. The highest BCUT2D eigenvalue weighted by Crippen LogP contribution is 2.34. The maximum Gasteiger partial charge on any atom is 0.262 e. The van der Waals surface area contributed by atoms with Crippen molar-refractivity contribution in [1.82, 2.24) is 0 Å². The number of hydrogen-bond donors (Lipinski definition) is 1. The maximum atomic E-state index is 12.7. The van der Waals surface area contributed by atoms with Crippen LogP contribution >= 0.6 is 15.9 Å². The lowest BCUT2D eigenvalue weighted by Gasteiger charge is -2.35. The van der Waals surface area contributed by atoms with Crippen LogP contribution in [0.3, 0.4) is 0 Å². The molecule has 108 valence electrons. The summed E-state index contributed by atoms with van der Waals surface area (Å²) in [5.41, 5.74) is 2.21. The molecular weight excluding hydrogens is 332 g/mol. The van der Waals surface area contributed by atoms with Crippen molar-refractivity contribution < 1.29 is 9.90 Å². The van der Waals surface area contributed by atoms with Crippen LogP contribution in [0.5, 0.6) is 5.75 Å². The second-order valence-corrected chi connectivity index (χ2v) is 5.94. The fourth-order valence-corrected chi connectivity index (χ4v) is 2.90. The van der Waals surface area contributed by atoms with E-state index in [1.165, 1.54) is 6.07 Å². The Morgan fingerprint density at radius 2 is 1.86 bits per heavy atom. The summed E-state index contributed by atoms with van der Waals surface area (Å²) in [5, 5.41) is 10.0. The molecule has 1 amide bonds. The molecule has 3 rings (SSSR count). The molecule has 2 aromatic rings. The van der Waals surface area contributed by atoms with Crippen molar-refractivity contribution in [3.05, 3.63) is 52.5 Å². The molecule has 2 aromatic carbocycles. The fourth-order valence-electron chi connectivity index (χ4n) is 2.55. The van der Waals surface area contributed by atoms with E-state index < -0.39 is 0 Å². The van der Waals surface area contributed by atoms with E-state index in [1.54, 1.807) is 17.0 Å². The van der Waals surface area contributed by atoms with E-state index in [0.717, 1.165) is 22.4 Å². The Hall–Kier alpha value is -2.01. The number of para-hydroxylation sites is 2. The number of phenolic OH excluding ortho intramolecular Hbond substituents is 1. The van der Waals surface area contributed by atoms with Crippen LogP contribution < -0.4 is 9.80 Å². The quantitative estimate of drug-likeness (QED) is 0.861. The van der Waals surface area contributed by atoms with Crippen LogP contribution in [-0.2, 0) is 0 Å². The van der Waals surface area contributed by atoms with Crippen LogP contribution in [0, 0.1) is 0 Å². The van der Waals surface area contributed by atoms with Crippen LogP contribution in [0.2, 0.25) is 0 Å². The van der Waals surface area contributed by atoms with Crippen LogP contribution in [0.15, 0.2) is 46.9 Å². The highest BCUT2D eigenvalue weighted by Gasteiger charge is 2.27. The van der Waals surface area contributed by atoms with Gasteiger partial charge in [0.25, 0.3) is 5.91 Å². The van der Waals surface area contributed by atoms with E-state index in [9.17, 15) is 9.90 Å². The Morgan fingerprint density at radius 3 is 2.57 bits per heavy atom. The molecule has 0 aliphatic carbocycles. The van der Waals surface area contributed by atoms with Gasteiger partial charge in [-0.1, -0.05) is 28.1 Å². The van der Waals surface area contributed by atoms with Gasteiger partial charge in [-0.15, -0.1) is 0 Å². The van der Waals surface area contributed by atoms with Gasteiger partial charge in [0.05, 0.1) is 16.9 Å². The Kier molecular flexibility index (Phi) is 3.59. The number of carbonyl (C=O) groups is 1. The SMILES string of the molecule is CN1CCN(C(=O)c2ccc(Br)cc2O)c2ccccc21. The average Bonchev–Trinajstić information content (AvgIpc) is 2.47. The summed E-state index contributed by atoms with van der Waals surface area (Å²) in [4.78, 5) is 16.6. The molecule has 4 nitrogen and oxygen atoms in total. The number of phenols is 1. The molecule has 0 saturated carbocycles. The molecule has 0 unspecified atom stereocenters. The van der Waals surface area contributed by atoms with Crippen molar-refractivity contribution >= 4 is 33.2 Å². The molecule has 1 aliphatic rings. The molecule has 0 bridgehead atoms. The van der Waals surface area contributed by atoms with Crippen molar-refractivity contribution in [3.63, 3.8) is 0 Å². The number of hydrogen-bond acceptors (Lipinski definition) is 3. The van der Waals surface area contributed by atoms with E-state index in [4.69, 9.17) is 0 Å². The molecular formula is C16H15BrN2O2. The van der Waals surface area contributed by atoms with Crippen molar-refractivity contribution in [1.29, 1.82) is 0 Å². The van der Waals surface area contributed by atoms with Gasteiger partial charge in [-0.3, -0.25) is 4.79 Å². The zero-order chi connectivity index (χ0) is 15.0. The van der Waals surface area contributed by atoms with Gasteiger partial charge in [-0.25, -0.2) is 0 Å². The molecule has 0 aromatic heterocycles. The first kappa shape index (κ1) is 13.9. The maximum absolute atomic E-state index is 12.7. The molecule has 0 spiro atoms. The normalized spacial score (nSPS) is 14.0. The summed E-state index contributed by atoms with van der Waals surface area (Å²) < 4.78 is 0.746. The summed E-state index contributed by atoms with van der Waals surface area (Å²) in [6.07, 6.45) is 0. The summed E-state index contributed by atoms with van der Waals surface area (Å²) >= 11 is 3.28. The predicted molar refractivity (Wildman–Crippen MR) is 87.2 cm³/mol. The number of anilines is 2. The summed E-state index contributed by atoms with van der Waals surface area (Å²) in [7, 11) is 2.01. The van der Waals surface area contributed by atoms with E-state index in [2.05, 4.69) is 20.8 Å². The zero-order valence-corrected chi connectivity index (χ0v) is 13.2. The monoisotopic (exact) mass is 346 g/mol. The van der Waals surface area contributed by atoms with Gasteiger partial charge in [-0.2, -0.15) is 0 Å². The van der Waals surface area contributed by atoms with Crippen molar-refractivity contribution in [2.75, 3.05) is 29.9 Å². The van der Waals surface area contributed by atoms with E-state index in [1.807, 2.05) is 31.3 Å². The largest absolute Gasteiger partial charge is 0.507 e. The summed E-state index contributed by atoms with van der Waals surface area (Å²) in [5.74, 6) is -0.189. The van der Waals surface area contributed by atoms with Crippen LogP contribution in [0.25, 0.3) is 0 Å². The van der Waals surface area contributed by atoms with Crippen LogP contribution in [0.1, 0.15) is 10.4 Å². The number of benzene rings is 2. The predicted octanol–water partition coefficient (Wildman–Crippen LogP) is 3.25. The van der Waals surface area contributed by atoms with Gasteiger partial charge >= 0.3 is 0 Å². The first-order chi connectivity index (χ1) is 10.1. The van der Waals surface area contributed by atoms with Crippen LogP contribution in [0.4, 0.5) is 11.4 Å². The fraction of sp³-hybridized carbons (Fsp3) is 0.188. The number of halogens is 1. The molecule has 0 atom stereocenters. The Bertz CT molecular complexity index is 702. The molecule has 21 heavy (non-hydrogen) atoms. The van der Waals surface area contributed by atoms with E-state index in [-0.39, 0.29) is 11.7 Å². The minimum absolute atomic E-state index is 0.00853. The number of likely N-dealkylation sites (N-methyl/N-ethyl adjacent to an activating group) is 1. The highest BCUT2D eigenvalue weighted by atomic mass is 79.9. The Labute approximate surface area is 131 Å². The smallest absolute Gasteiger partial charge is 0.262 e. The van der Waals surface area contributed by atoms with Gasteiger partial charge in [0.2, 0.25) is 0 Å². The summed E-state index contributed by atoms with van der Waals surface area (Å²) in [6.45, 7) is 1.36. The van der Waals surface area contributed by atoms with Gasteiger partial charge in [0, 0.05) is 24.6 Å². The standard InChI is InChI=1S/C16H15BrN2O2/c1-18-8-9-19(14-5-3-2-4-13(14)18)16(21)12-7-6-11(17)10-15(12)20/h2-7,10,20H,8-9H2,1H3. The average molecular weight is 347 g/mol. The molecule has 1 heterocycles. The van der Waals surface area contributed by atoms with Crippen molar-refractivity contribution in [2.45, 2.75) is 0 Å². The second-order valence-electron chi connectivity index (χ2n) is 5.03. The molecule has 0 saturated heterocycles. The molecule has 1 N–H and O–H groups in total. The van der Waals surface area contributed by atoms with E-state index in [0.29, 0.717) is 12.1 Å². The van der Waals surface area contributed by atoms with Crippen LogP contribution in [-0.4, -0.2) is 31.2 Å². The highest BCUT2D eigenvalue weighted by molar-refractivity contribution is 9.10. The Morgan fingerprint density at radius 1 is 1.14 bits per heavy atom. The molecule has 5 heteroatoms. The van der Waals surface area contributed by atoms with Gasteiger partial charge in [0.1, 0.15) is 5.75 Å². The van der Waals surface area contributed by atoms with Crippen molar-refractivity contribution in [2.24, 2.45) is 0 Å². The van der Waals surface area contributed by atoms with E-state index >= 15 is 0 Å². The molecule has 0 fully saturated rings. The second kappa shape index (κ2) is 5.41. The number of rotatable bonds is 1. The van der Waals surface area contributed by atoms with Crippen molar-refractivity contribution in [3.8, 4) is 5.75 Å². The molecule has 1 aliphatic heterocycles. The van der Waals surface area contributed by atoms with Gasteiger partial charge in [-0.05, 0) is 30.3 Å². The van der Waals surface area contributed by atoms with Gasteiger partial charge in [0.15, 0.2) is 0 Å². The first-order valence-electron chi connectivity index (χ1n) is 6.68. The topological polar surface area (TPSA) is 43.8 Å². The number of carbonyl (C=O) groups excluding carboxylic acids is 1. The lowest BCUT2D eigenvalue weighted by Crippen LogP contribution is -2.42. The lowest BCUT2D eigenvalue weighted by atomic mass is 10.1. The zero-order valence-electron chi connectivity index (χ0n) is 11.6. The number of amides is 1.